The molecule has 2 aliphatic rings. The van der Waals surface area contributed by atoms with E-state index in [-0.39, 0.29) is 24.0 Å². The zero-order chi connectivity index (χ0) is 20.6. The van der Waals surface area contributed by atoms with Crippen molar-refractivity contribution in [1.29, 1.82) is 0 Å². The van der Waals surface area contributed by atoms with Crippen molar-refractivity contribution in [3.8, 4) is 11.5 Å². The number of hydrogen-bond donors (Lipinski definition) is 2. The zero-order valence-electron chi connectivity index (χ0n) is 17.9. The van der Waals surface area contributed by atoms with Crippen LogP contribution >= 0.6 is 24.0 Å². The van der Waals surface area contributed by atoms with Gasteiger partial charge in [-0.05, 0) is 42.7 Å². The summed E-state index contributed by atoms with van der Waals surface area (Å²) in [5, 5.41) is 6.78. The van der Waals surface area contributed by atoms with E-state index in [0.717, 1.165) is 63.3 Å². The number of morpholine rings is 1. The molecule has 0 spiro atoms. The summed E-state index contributed by atoms with van der Waals surface area (Å²) in [5.41, 5.74) is 3.69. The van der Waals surface area contributed by atoms with Crippen molar-refractivity contribution in [1.82, 2.24) is 10.6 Å². The molecule has 1 saturated heterocycles. The Morgan fingerprint density at radius 3 is 2.68 bits per heavy atom. The highest BCUT2D eigenvalue weighted by Crippen LogP contribution is 2.32. The lowest BCUT2D eigenvalue weighted by atomic mass is 10.1. The Morgan fingerprint density at radius 2 is 1.84 bits per heavy atom. The SMILES string of the molecule is CCNC(=NCc1ccccc1N1CCOCC1)NCCc1ccc2c(c1)OCO2.I. The van der Waals surface area contributed by atoms with E-state index in [1.807, 2.05) is 12.1 Å². The molecule has 0 aliphatic carbocycles. The van der Waals surface area contributed by atoms with Gasteiger partial charge < -0.3 is 29.7 Å². The summed E-state index contributed by atoms with van der Waals surface area (Å²) in [6, 6.07) is 14.6. The number of ether oxygens (including phenoxy) is 3. The molecule has 0 radical (unpaired) electrons. The predicted octanol–water partition coefficient (Wildman–Crippen LogP) is 3.17. The second-order valence-corrected chi connectivity index (χ2v) is 7.29. The number of rotatable bonds is 7. The maximum atomic E-state index is 5.49. The molecule has 2 aromatic rings. The fourth-order valence-corrected chi connectivity index (χ4v) is 3.68. The van der Waals surface area contributed by atoms with Crippen molar-refractivity contribution in [3.05, 3.63) is 53.6 Å². The second kappa shape index (κ2) is 12.0. The monoisotopic (exact) mass is 538 g/mol. The van der Waals surface area contributed by atoms with Crippen LogP contribution in [0.5, 0.6) is 11.5 Å². The molecular formula is C23H31IN4O3. The van der Waals surface area contributed by atoms with Crippen LogP contribution in [0.1, 0.15) is 18.1 Å². The molecule has 31 heavy (non-hydrogen) atoms. The molecule has 4 rings (SSSR count). The number of hydrogen-bond acceptors (Lipinski definition) is 5. The second-order valence-electron chi connectivity index (χ2n) is 7.29. The van der Waals surface area contributed by atoms with E-state index in [1.54, 1.807) is 0 Å². The average Bonchev–Trinajstić information content (AvgIpc) is 3.26. The van der Waals surface area contributed by atoms with E-state index in [0.29, 0.717) is 13.3 Å². The van der Waals surface area contributed by atoms with E-state index >= 15 is 0 Å². The number of anilines is 1. The lowest BCUT2D eigenvalue weighted by molar-refractivity contribution is 0.122. The Morgan fingerprint density at radius 1 is 1.03 bits per heavy atom. The molecule has 0 atom stereocenters. The minimum Gasteiger partial charge on any atom is -0.454 e. The topological polar surface area (TPSA) is 67.4 Å². The summed E-state index contributed by atoms with van der Waals surface area (Å²) >= 11 is 0. The lowest BCUT2D eigenvalue weighted by Crippen LogP contribution is -2.38. The number of nitrogens with zero attached hydrogens (tertiary/aromatic N) is 2. The van der Waals surface area contributed by atoms with Crippen LogP contribution in [0.25, 0.3) is 0 Å². The van der Waals surface area contributed by atoms with Crippen LogP contribution < -0.4 is 25.0 Å². The molecule has 2 N–H and O–H groups in total. The molecule has 1 fully saturated rings. The van der Waals surface area contributed by atoms with E-state index in [9.17, 15) is 0 Å². The highest BCUT2D eigenvalue weighted by molar-refractivity contribution is 14.0. The summed E-state index contributed by atoms with van der Waals surface area (Å²) in [6.45, 7) is 8.04. The summed E-state index contributed by atoms with van der Waals surface area (Å²) in [4.78, 5) is 7.20. The van der Waals surface area contributed by atoms with Gasteiger partial charge in [-0.2, -0.15) is 0 Å². The Kier molecular flexibility index (Phi) is 9.08. The Balaban J connectivity index is 0.00000272. The van der Waals surface area contributed by atoms with Gasteiger partial charge in [0.15, 0.2) is 17.5 Å². The third kappa shape index (κ3) is 6.39. The van der Waals surface area contributed by atoms with E-state index < -0.39 is 0 Å². The molecule has 7 nitrogen and oxygen atoms in total. The van der Waals surface area contributed by atoms with E-state index in [2.05, 4.69) is 52.8 Å². The summed E-state index contributed by atoms with van der Waals surface area (Å²) in [6.07, 6.45) is 0.880. The van der Waals surface area contributed by atoms with Gasteiger partial charge in [0.05, 0.1) is 19.8 Å². The van der Waals surface area contributed by atoms with Crippen molar-refractivity contribution in [3.63, 3.8) is 0 Å². The summed E-state index contributed by atoms with van der Waals surface area (Å²) < 4.78 is 16.3. The molecule has 8 heteroatoms. The van der Waals surface area contributed by atoms with Crippen molar-refractivity contribution >= 4 is 35.6 Å². The molecule has 2 aliphatic heterocycles. The van der Waals surface area contributed by atoms with Gasteiger partial charge in [0.1, 0.15) is 0 Å². The van der Waals surface area contributed by atoms with Gasteiger partial charge in [0, 0.05) is 31.9 Å². The van der Waals surface area contributed by atoms with E-state index in [4.69, 9.17) is 19.2 Å². The molecule has 168 valence electrons. The minimum atomic E-state index is 0. The molecule has 0 bridgehead atoms. The van der Waals surface area contributed by atoms with Crippen molar-refractivity contribution in [2.45, 2.75) is 19.9 Å². The fraction of sp³-hybridized carbons (Fsp3) is 0.435. The van der Waals surface area contributed by atoms with Crippen LogP contribution in [0.2, 0.25) is 0 Å². The van der Waals surface area contributed by atoms with Gasteiger partial charge >= 0.3 is 0 Å². The van der Waals surface area contributed by atoms with Crippen LogP contribution in [0.15, 0.2) is 47.5 Å². The van der Waals surface area contributed by atoms with E-state index in [1.165, 1.54) is 16.8 Å². The molecular weight excluding hydrogens is 507 g/mol. The first-order valence-corrected chi connectivity index (χ1v) is 10.6. The molecule has 0 aromatic heterocycles. The fourth-order valence-electron chi connectivity index (χ4n) is 3.68. The molecule has 0 saturated carbocycles. The minimum absolute atomic E-state index is 0. The summed E-state index contributed by atoms with van der Waals surface area (Å²) in [5.74, 6) is 2.48. The van der Waals surface area contributed by atoms with Crippen molar-refractivity contribution < 1.29 is 14.2 Å². The predicted molar refractivity (Wildman–Crippen MR) is 134 cm³/mol. The van der Waals surface area contributed by atoms with Gasteiger partial charge in [-0.25, -0.2) is 4.99 Å². The molecule has 2 heterocycles. The number of fused-ring (bicyclic) bond motifs is 1. The number of aliphatic imine (C=N–C) groups is 1. The normalized spacial score (nSPS) is 15.4. The van der Waals surface area contributed by atoms with Gasteiger partial charge in [-0.3, -0.25) is 0 Å². The largest absolute Gasteiger partial charge is 0.454 e. The maximum Gasteiger partial charge on any atom is 0.231 e. The molecule has 0 amide bonds. The van der Waals surface area contributed by atoms with Crippen LogP contribution in [0.4, 0.5) is 5.69 Å². The van der Waals surface area contributed by atoms with Gasteiger partial charge in [0.25, 0.3) is 0 Å². The first kappa shape index (κ1) is 23.5. The highest BCUT2D eigenvalue weighted by atomic mass is 127. The molecule has 0 unspecified atom stereocenters. The van der Waals surface area contributed by atoms with Crippen LogP contribution in [-0.2, 0) is 17.7 Å². The number of halogens is 1. The Hall–Kier alpha value is -2.20. The Labute approximate surface area is 201 Å². The van der Waals surface area contributed by atoms with Gasteiger partial charge in [-0.1, -0.05) is 24.3 Å². The average molecular weight is 538 g/mol. The number of nitrogens with one attached hydrogen (secondary N) is 2. The maximum absolute atomic E-state index is 5.49. The number of para-hydroxylation sites is 1. The quantitative estimate of drug-likeness (QED) is 0.321. The lowest BCUT2D eigenvalue weighted by Gasteiger charge is -2.30. The van der Waals surface area contributed by atoms with Gasteiger partial charge in [0.2, 0.25) is 6.79 Å². The van der Waals surface area contributed by atoms with Crippen molar-refractivity contribution in [2.24, 2.45) is 4.99 Å². The number of guanidine groups is 1. The van der Waals surface area contributed by atoms with Crippen LogP contribution in [0, 0.1) is 0 Å². The summed E-state index contributed by atoms with van der Waals surface area (Å²) in [7, 11) is 0. The standard InChI is InChI=1S/C23H30N4O3.HI/c1-2-24-23(25-10-9-18-7-8-21-22(15-18)30-17-29-21)26-16-19-5-3-4-6-20(19)27-11-13-28-14-12-27;/h3-8,15H,2,9-14,16-17H2,1H3,(H2,24,25,26);1H. The third-order valence-electron chi connectivity index (χ3n) is 5.24. The zero-order valence-corrected chi connectivity index (χ0v) is 20.3. The highest BCUT2D eigenvalue weighted by Gasteiger charge is 2.15. The number of benzene rings is 2. The molecule has 2 aromatic carbocycles. The third-order valence-corrected chi connectivity index (χ3v) is 5.24. The Bertz CT molecular complexity index is 872. The van der Waals surface area contributed by atoms with Crippen LogP contribution in [0.3, 0.4) is 0 Å². The van der Waals surface area contributed by atoms with Crippen molar-refractivity contribution in [2.75, 3.05) is 51.1 Å². The first-order chi connectivity index (χ1) is 14.8. The van der Waals surface area contributed by atoms with Crippen LogP contribution in [-0.4, -0.2) is 52.1 Å². The van der Waals surface area contributed by atoms with Gasteiger partial charge in [-0.15, -0.1) is 24.0 Å². The first-order valence-electron chi connectivity index (χ1n) is 10.6. The smallest absolute Gasteiger partial charge is 0.231 e.